The quantitative estimate of drug-likeness (QED) is 0.273. The molecule has 5 atom stereocenters. The van der Waals surface area contributed by atoms with Crippen molar-refractivity contribution in [2.45, 2.75) is 17.7 Å². The van der Waals surface area contributed by atoms with E-state index in [1.165, 1.54) is 37.2 Å². The molecule has 32 heavy (non-hydrogen) atoms. The number of fused-ring (bicyclic) bond motifs is 3. The van der Waals surface area contributed by atoms with Gasteiger partial charge < -0.3 is 36.7 Å². The molecule has 8 N–H and O–H groups in total. The van der Waals surface area contributed by atoms with Crippen molar-refractivity contribution in [1.29, 1.82) is 5.41 Å². The van der Waals surface area contributed by atoms with Gasteiger partial charge in [0.05, 0.1) is 35.1 Å². The fourth-order valence-electron chi connectivity index (χ4n) is 5.10. The molecule has 4 rings (SSSR count). The lowest BCUT2D eigenvalue weighted by Crippen LogP contribution is -2.70. The Labute approximate surface area is 181 Å². The van der Waals surface area contributed by atoms with Crippen LogP contribution in [0.25, 0.3) is 5.76 Å². The van der Waals surface area contributed by atoms with Crippen LogP contribution in [0.2, 0.25) is 0 Å². The minimum atomic E-state index is -2.99. The number of hydrogen-bond acceptors (Lipinski definition) is 10. The highest BCUT2D eigenvalue weighted by Crippen LogP contribution is 2.52. The summed E-state index contributed by atoms with van der Waals surface area (Å²) in [7, 11) is 2.81. The van der Waals surface area contributed by atoms with Crippen LogP contribution in [0.3, 0.4) is 0 Å². The molecule has 1 fully saturated rings. The van der Waals surface area contributed by atoms with Crippen LogP contribution in [0.1, 0.15) is 11.1 Å². The lowest BCUT2D eigenvalue weighted by Gasteiger charge is -2.52. The normalized spacial score (nSPS) is 32.1. The summed E-state index contributed by atoms with van der Waals surface area (Å²) >= 11 is 0. The van der Waals surface area contributed by atoms with Crippen LogP contribution >= 0.6 is 0 Å². The summed E-state index contributed by atoms with van der Waals surface area (Å²) in [6.45, 7) is 0. The molecule has 3 aliphatic carbocycles. The third-order valence-electron chi connectivity index (χ3n) is 6.48. The van der Waals surface area contributed by atoms with Crippen LogP contribution < -0.4 is 5.73 Å². The number of aliphatic hydroxyl groups excluding tert-OH is 3. The first kappa shape index (κ1) is 21.7. The smallest absolute Gasteiger partial charge is 0.255 e. The number of ketones is 2. The number of phenols is 1. The lowest BCUT2D eigenvalue weighted by molar-refractivity contribution is -0.165. The van der Waals surface area contributed by atoms with Gasteiger partial charge in [-0.1, -0.05) is 12.1 Å². The number of aliphatic hydroxyl groups is 4. The van der Waals surface area contributed by atoms with Gasteiger partial charge in [0.25, 0.3) is 5.91 Å². The number of carbonyl (C=O) groups is 3. The Balaban J connectivity index is 2.08. The average Bonchev–Trinajstić information content (AvgIpc) is 2.70. The second-order valence-corrected chi connectivity index (χ2v) is 8.33. The van der Waals surface area contributed by atoms with Gasteiger partial charge in [-0.3, -0.25) is 19.3 Å². The van der Waals surface area contributed by atoms with Crippen LogP contribution in [0.4, 0.5) is 0 Å². The Hall–Kier alpha value is -3.54. The van der Waals surface area contributed by atoms with Crippen molar-refractivity contribution in [1.82, 2.24) is 4.90 Å². The Kier molecular flexibility index (Phi) is 4.56. The molecular formula is C21H21N3O8. The summed E-state index contributed by atoms with van der Waals surface area (Å²) in [4.78, 5) is 39.7. The highest BCUT2D eigenvalue weighted by molar-refractivity contribution is 6.26. The molecule has 0 heterocycles. The van der Waals surface area contributed by atoms with Crippen molar-refractivity contribution >= 4 is 28.9 Å². The van der Waals surface area contributed by atoms with Gasteiger partial charge in [-0.2, -0.15) is 0 Å². The molecule has 0 aromatic heterocycles. The molecule has 0 aliphatic heterocycles. The second-order valence-electron chi connectivity index (χ2n) is 8.33. The summed E-state index contributed by atoms with van der Waals surface area (Å²) in [5.41, 5.74) is 0.0858. The average molecular weight is 443 g/mol. The zero-order valence-electron chi connectivity index (χ0n) is 17.0. The highest BCUT2D eigenvalue weighted by atomic mass is 16.4. The molecule has 1 saturated carbocycles. The molecule has 11 nitrogen and oxygen atoms in total. The number of nitrogens with one attached hydrogen (secondary N) is 1. The first-order valence-electron chi connectivity index (χ1n) is 9.61. The number of primary amides is 1. The number of amides is 1. The standard InChI is InChI=1S/C21H21N3O8/c1-24(2)14-12-16(27)9-10(15(26)8-6(13(9)22)4-3-5-7(8)25)18(29)21(12,32)19(30)11(17(14)28)20(23)31/h3-5,9,12,14,16,22,25-27,30,32H,1-2H3,(H2,23,31)/t9-,12+,14-,16-,21-/m0/s1. The van der Waals surface area contributed by atoms with Gasteiger partial charge in [0, 0.05) is 11.3 Å². The monoisotopic (exact) mass is 443 g/mol. The van der Waals surface area contributed by atoms with Crippen molar-refractivity contribution < 1.29 is 39.9 Å². The molecule has 0 unspecified atom stereocenters. The zero-order valence-corrected chi connectivity index (χ0v) is 17.0. The SMILES string of the molecule is CN(C)[C@@H]1C(=O)C(C(N)=O)=C(O)[C@@]2(O)C(=O)C3=C(O)c4c(O)cccc4C(=N)[C@H]3[C@H](O)[C@@H]12. The van der Waals surface area contributed by atoms with Gasteiger partial charge in [-0.25, -0.2) is 0 Å². The van der Waals surface area contributed by atoms with Gasteiger partial charge in [0.1, 0.15) is 22.8 Å². The van der Waals surface area contributed by atoms with Crippen LogP contribution in [-0.4, -0.2) is 85.5 Å². The summed E-state index contributed by atoms with van der Waals surface area (Å²) in [5.74, 6) is -9.43. The largest absolute Gasteiger partial charge is 0.508 e. The Morgan fingerprint density at radius 3 is 2.38 bits per heavy atom. The number of benzene rings is 1. The van der Waals surface area contributed by atoms with Gasteiger partial charge in [0.15, 0.2) is 11.4 Å². The highest BCUT2D eigenvalue weighted by Gasteiger charge is 2.68. The number of hydrogen-bond donors (Lipinski definition) is 7. The number of rotatable bonds is 2. The number of nitrogens with zero attached hydrogens (tertiary/aromatic N) is 1. The summed E-state index contributed by atoms with van der Waals surface area (Å²) < 4.78 is 0. The molecular weight excluding hydrogens is 422 g/mol. The van der Waals surface area contributed by atoms with Crippen molar-refractivity contribution in [2.75, 3.05) is 14.1 Å². The summed E-state index contributed by atoms with van der Waals surface area (Å²) in [5, 5.41) is 63.0. The van der Waals surface area contributed by atoms with Crippen LogP contribution in [-0.2, 0) is 14.4 Å². The van der Waals surface area contributed by atoms with E-state index in [1.807, 2.05) is 0 Å². The first-order valence-corrected chi connectivity index (χ1v) is 9.61. The Morgan fingerprint density at radius 2 is 1.81 bits per heavy atom. The van der Waals surface area contributed by atoms with E-state index in [1.54, 1.807) is 0 Å². The van der Waals surface area contributed by atoms with E-state index in [-0.39, 0.29) is 16.8 Å². The molecule has 168 valence electrons. The predicted octanol–water partition coefficient (Wildman–Crippen LogP) is -1.24. The maximum Gasteiger partial charge on any atom is 0.255 e. The van der Waals surface area contributed by atoms with E-state index in [0.29, 0.717) is 0 Å². The lowest BCUT2D eigenvalue weighted by atomic mass is 9.55. The van der Waals surface area contributed by atoms with E-state index in [4.69, 9.17) is 11.1 Å². The van der Waals surface area contributed by atoms with Crippen molar-refractivity contribution in [3.8, 4) is 5.75 Å². The minimum absolute atomic E-state index is 0.0506. The van der Waals surface area contributed by atoms with E-state index in [2.05, 4.69) is 0 Å². The third kappa shape index (κ3) is 2.40. The molecule has 0 bridgehead atoms. The number of likely N-dealkylation sites (N-methyl/N-ethyl adjacent to an activating group) is 1. The maximum absolute atomic E-state index is 13.6. The molecule has 1 aromatic carbocycles. The number of phenolic OH excluding ortho intramolecular Hbond substituents is 1. The van der Waals surface area contributed by atoms with Gasteiger partial charge in [-0.05, 0) is 20.2 Å². The topological polar surface area (TPSA) is 205 Å². The van der Waals surface area contributed by atoms with Crippen molar-refractivity contribution in [3.63, 3.8) is 0 Å². The Bertz CT molecular complexity index is 1180. The molecule has 1 aromatic rings. The number of Topliss-reactive ketones (excluding diaryl/α,β-unsaturated/α-hetero) is 2. The van der Waals surface area contributed by atoms with E-state index in [0.717, 1.165) is 0 Å². The fourth-order valence-corrected chi connectivity index (χ4v) is 5.10. The molecule has 0 saturated heterocycles. The molecule has 0 radical (unpaired) electrons. The van der Waals surface area contributed by atoms with Crippen LogP contribution in [0.15, 0.2) is 35.1 Å². The molecule has 11 heteroatoms. The van der Waals surface area contributed by atoms with E-state index >= 15 is 0 Å². The predicted molar refractivity (Wildman–Crippen MR) is 109 cm³/mol. The summed E-state index contributed by atoms with van der Waals surface area (Å²) in [6, 6.07) is 2.57. The molecule has 1 amide bonds. The fraction of sp³-hybridized carbons (Fsp3) is 0.333. The van der Waals surface area contributed by atoms with Crippen LogP contribution in [0, 0.1) is 17.2 Å². The number of nitrogens with two attached hydrogens (primary N) is 1. The van der Waals surface area contributed by atoms with E-state index in [9.17, 15) is 39.9 Å². The zero-order chi connectivity index (χ0) is 23.9. The molecule has 0 spiro atoms. The minimum Gasteiger partial charge on any atom is -0.508 e. The molecule has 3 aliphatic rings. The van der Waals surface area contributed by atoms with Gasteiger partial charge >= 0.3 is 0 Å². The summed E-state index contributed by atoms with van der Waals surface area (Å²) in [6.07, 6.45) is -1.81. The third-order valence-corrected chi connectivity index (χ3v) is 6.48. The van der Waals surface area contributed by atoms with Crippen molar-refractivity contribution in [2.24, 2.45) is 17.6 Å². The maximum atomic E-state index is 13.6. The second kappa shape index (κ2) is 6.73. The van der Waals surface area contributed by atoms with Crippen molar-refractivity contribution in [3.05, 3.63) is 46.2 Å². The Morgan fingerprint density at radius 1 is 1.19 bits per heavy atom. The number of carbonyl (C=O) groups excluding carboxylic acids is 3. The van der Waals surface area contributed by atoms with Gasteiger partial charge in [-0.15, -0.1) is 0 Å². The first-order chi connectivity index (χ1) is 14.9. The van der Waals surface area contributed by atoms with Gasteiger partial charge in [0.2, 0.25) is 5.78 Å². The van der Waals surface area contributed by atoms with Crippen LogP contribution in [0.5, 0.6) is 5.75 Å². The van der Waals surface area contributed by atoms with E-state index < -0.39 is 75.5 Å². The number of aromatic hydroxyl groups is 1.